The molecular formula is C24H22F2N2O. The first-order chi connectivity index (χ1) is 14.0. The first kappa shape index (κ1) is 19.1. The number of fused-ring (bicyclic) bond motifs is 3. The summed E-state index contributed by atoms with van der Waals surface area (Å²) in [6.45, 7) is 2.30. The molecular weight excluding hydrogens is 370 g/mol. The monoisotopic (exact) mass is 392 g/mol. The maximum Gasteiger partial charge on any atom is 0.249 e. The number of hydrogen-bond donors (Lipinski definition) is 1. The largest absolute Gasteiger partial charge is 0.366 e. The number of carbonyl (C=O) groups is 1. The van der Waals surface area contributed by atoms with Gasteiger partial charge in [0.15, 0.2) is 0 Å². The van der Waals surface area contributed by atoms with Crippen molar-refractivity contribution >= 4 is 27.7 Å². The van der Waals surface area contributed by atoms with E-state index in [1.165, 1.54) is 11.6 Å². The van der Waals surface area contributed by atoms with Crippen molar-refractivity contribution in [3.8, 4) is 0 Å². The van der Waals surface area contributed by atoms with Gasteiger partial charge < -0.3 is 10.3 Å². The van der Waals surface area contributed by atoms with Crippen LogP contribution in [0.3, 0.4) is 0 Å². The van der Waals surface area contributed by atoms with E-state index < -0.39 is 17.5 Å². The van der Waals surface area contributed by atoms with Gasteiger partial charge in [-0.1, -0.05) is 31.5 Å². The predicted molar refractivity (Wildman–Crippen MR) is 112 cm³/mol. The van der Waals surface area contributed by atoms with E-state index in [9.17, 15) is 13.6 Å². The van der Waals surface area contributed by atoms with Gasteiger partial charge in [0, 0.05) is 27.4 Å². The summed E-state index contributed by atoms with van der Waals surface area (Å²) in [6.07, 6.45) is 3.09. The highest BCUT2D eigenvalue weighted by Gasteiger charge is 2.18. The van der Waals surface area contributed by atoms with Gasteiger partial charge in [-0.25, -0.2) is 8.78 Å². The zero-order chi connectivity index (χ0) is 20.5. The Hall–Kier alpha value is -3.21. The number of halogens is 2. The van der Waals surface area contributed by atoms with Crippen LogP contribution in [0.1, 0.15) is 41.3 Å². The van der Waals surface area contributed by atoms with Crippen molar-refractivity contribution in [3.63, 3.8) is 0 Å². The molecule has 29 heavy (non-hydrogen) atoms. The number of unbranched alkanes of at least 4 members (excludes halogenated alkanes) is 1. The number of amides is 1. The van der Waals surface area contributed by atoms with Gasteiger partial charge in [-0.15, -0.1) is 0 Å². The highest BCUT2D eigenvalue weighted by atomic mass is 19.1. The van der Waals surface area contributed by atoms with Gasteiger partial charge >= 0.3 is 0 Å². The predicted octanol–water partition coefficient (Wildman–Crippen LogP) is 5.56. The molecule has 0 fully saturated rings. The number of aryl methyl sites for hydroxylation is 1. The summed E-state index contributed by atoms with van der Waals surface area (Å²) in [5.41, 5.74) is 9.12. The Morgan fingerprint density at radius 1 is 1.03 bits per heavy atom. The molecule has 0 aliphatic carbocycles. The van der Waals surface area contributed by atoms with Crippen molar-refractivity contribution in [2.24, 2.45) is 5.73 Å². The summed E-state index contributed by atoms with van der Waals surface area (Å²) in [5.74, 6) is -1.46. The van der Waals surface area contributed by atoms with Crippen molar-refractivity contribution in [2.75, 3.05) is 0 Å². The Morgan fingerprint density at radius 2 is 1.86 bits per heavy atom. The van der Waals surface area contributed by atoms with E-state index in [1.807, 2.05) is 16.7 Å². The molecule has 0 radical (unpaired) electrons. The summed E-state index contributed by atoms with van der Waals surface area (Å²) >= 11 is 0. The highest BCUT2D eigenvalue weighted by Crippen LogP contribution is 2.33. The van der Waals surface area contributed by atoms with Crippen LogP contribution in [0.4, 0.5) is 8.78 Å². The fourth-order valence-electron chi connectivity index (χ4n) is 3.94. The molecule has 2 N–H and O–H groups in total. The van der Waals surface area contributed by atoms with Gasteiger partial charge in [-0.05, 0) is 54.8 Å². The van der Waals surface area contributed by atoms with Crippen LogP contribution in [0, 0.1) is 11.6 Å². The van der Waals surface area contributed by atoms with Crippen molar-refractivity contribution in [2.45, 2.75) is 32.7 Å². The number of hydrogen-bond acceptors (Lipinski definition) is 1. The van der Waals surface area contributed by atoms with Crippen molar-refractivity contribution in [1.29, 1.82) is 0 Å². The SMILES string of the molecule is CCCCc1ccc2c3c(C(N)=O)cccc3n(Cc3cc(F)ccc3F)c2c1. The zero-order valence-corrected chi connectivity index (χ0v) is 16.2. The number of aromatic nitrogens is 1. The third-order valence-corrected chi connectivity index (χ3v) is 5.38. The van der Waals surface area contributed by atoms with E-state index in [0.29, 0.717) is 5.56 Å². The minimum Gasteiger partial charge on any atom is -0.366 e. The molecule has 0 unspecified atom stereocenters. The van der Waals surface area contributed by atoms with Crippen molar-refractivity contribution in [1.82, 2.24) is 4.57 Å². The average Bonchev–Trinajstić information content (AvgIpc) is 3.02. The molecule has 0 aliphatic rings. The molecule has 1 aromatic heterocycles. The van der Waals surface area contributed by atoms with Crippen LogP contribution in [0.5, 0.6) is 0 Å². The Labute approximate surface area is 167 Å². The molecule has 0 aliphatic heterocycles. The molecule has 3 aromatic carbocycles. The fourth-order valence-corrected chi connectivity index (χ4v) is 3.94. The van der Waals surface area contributed by atoms with E-state index in [0.717, 1.165) is 53.2 Å². The number of primary amides is 1. The summed E-state index contributed by atoms with van der Waals surface area (Å²) in [5, 5.41) is 1.63. The lowest BCUT2D eigenvalue weighted by molar-refractivity contribution is 0.100. The smallest absolute Gasteiger partial charge is 0.249 e. The number of rotatable bonds is 6. The number of nitrogens with zero attached hydrogens (tertiary/aromatic N) is 1. The quantitative estimate of drug-likeness (QED) is 0.459. The molecule has 1 amide bonds. The summed E-state index contributed by atoms with van der Waals surface area (Å²) < 4.78 is 30.0. The van der Waals surface area contributed by atoms with Gasteiger partial charge in [0.1, 0.15) is 11.6 Å². The summed E-state index contributed by atoms with van der Waals surface area (Å²) in [7, 11) is 0. The molecule has 3 nitrogen and oxygen atoms in total. The first-order valence-corrected chi connectivity index (χ1v) is 9.77. The van der Waals surface area contributed by atoms with Gasteiger partial charge in [-0.3, -0.25) is 4.79 Å². The van der Waals surface area contributed by atoms with Crippen molar-refractivity contribution < 1.29 is 13.6 Å². The standard InChI is InChI=1S/C24H22F2N2O/c1-2-3-5-15-8-10-18-22(12-15)28(14-16-13-17(25)9-11-20(16)26)21-7-4-6-19(23(18)21)24(27)29/h4,6-13H,2-3,5,14H2,1H3,(H2,27,29). The maximum absolute atomic E-state index is 14.4. The Bertz CT molecular complexity index is 1230. The van der Waals surface area contributed by atoms with Gasteiger partial charge in [0.25, 0.3) is 0 Å². The number of nitrogens with two attached hydrogens (primary N) is 1. The first-order valence-electron chi connectivity index (χ1n) is 9.77. The minimum absolute atomic E-state index is 0.156. The topological polar surface area (TPSA) is 48.0 Å². The Kier molecular flexibility index (Phi) is 5.05. The second-order valence-electron chi connectivity index (χ2n) is 7.34. The maximum atomic E-state index is 14.4. The molecule has 0 bridgehead atoms. The molecule has 0 saturated heterocycles. The molecule has 0 atom stereocenters. The highest BCUT2D eigenvalue weighted by molar-refractivity contribution is 6.17. The normalized spacial score (nSPS) is 11.4. The molecule has 1 heterocycles. The lowest BCUT2D eigenvalue weighted by atomic mass is 10.0. The van der Waals surface area contributed by atoms with E-state index in [2.05, 4.69) is 19.1 Å². The van der Waals surface area contributed by atoms with E-state index in [1.54, 1.807) is 12.1 Å². The van der Waals surface area contributed by atoms with Gasteiger partial charge in [0.05, 0.1) is 12.1 Å². The fraction of sp³-hybridized carbons (Fsp3) is 0.208. The molecule has 0 spiro atoms. The van der Waals surface area contributed by atoms with Crippen LogP contribution in [-0.2, 0) is 13.0 Å². The van der Waals surface area contributed by atoms with Gasteiger partial charge in [-0.2, -0.15) is 0 Å². The summed E-state index contributed by atoms with van der Waals surface area (Å²) in [4.78, 5) is 12.0. The number of carbonyl (C=O) groups excluding carboxylic acids is 1. The van der Waals surface area contributed by atoms with Crippen LogP contribution in [0.25, 0.3) is 21.8 Å². The van der Waals surface area contributed by atoms with Crippen LogP contribution in [0.15, 0.2) is 54.6 Å². The van der Waals surface area contributed by atoms with E-state index >= 15 is 0 Å². The van der Waals surface area contributed by atoms with Gasteiger partial charge in [0.2, 0.25) is 5.91 Å². The van der Waals surface area contributed by atoms with Crippen LogP contribution >= 0.6 is 0 Å². The molecule has 4 rings (SSSR count). The lowest BCUT2D eigenvalue weighted by Crippen LogP contribution is -2.11. The lowest BCUT2D eigenvalue weighted by Gasteiger charge is -2.10. The molecule has 0 saturated carbocycles. The van der Waals surface area contributed by atoms with Crippen LogP contribution in [-0.4, -0.2) is 10.5 Å². The number of benzene rings is 3. The molecule has 5 heteroatoms. The van der Waals surface area contributed by atoms with Crippen LogP contribution in [0.2, 0.25) is 0 Å². The third kappa shape index (κ3) is 3.48. The van der Waals surface area contributed by atoms with Crippen LogP contribution < -0.4 is 5.73 Å². The van der Waals surface area contributed by atoms with E-state index in [-0.39, 0.29) is 12.1 Å². The zero-order valence-electron chi connectivity index (χ0n) is 16.2. The Morgan fingerprint density at radius 3 is 2.62 bits per heavy atom. The Balaban J connectivity index is 1.99. The molecule has 148 valence electrons. The second kappa shape index (κ2) is 7.66. The summed E-state index contributed by atoms with van der Waals surface area (Å²) in [6, 6.07) is 14.9. The molecule has 4 aromatic rings. The third-order valence-electron chi connectivity index (χ3n) is 5.38. The van der Waals surface area contributed by atoms with E-state index in [4.69, 9.17) is 5.73 Å². The average molecular weight is 392 g/mol. The minimum atomic E-state index is -0.512. The van der Waals surface area contributed by atoms with Crippen molar-refractivity contribution in [3.05, 3.63) is 82.9 Å². The second-order valence-corrected chi connectivity index (χ2v) is 7.34.